The van der Waals surface area contributed by atoms with Gasteiger partial charge in [0.2, 0.25) is 0 Å². The van der Waals surface area contributed by atoms with E-state index in [4.69, 9.17) is 4.74 Å². The van der Waals surface area contributed by atoms with Crippen LogP contribution < -0.4 is 5.32 Å². The van der Waals surface area contributed by atoms with Crippen LogP contribution in [0.1, 0.15) is 57.9 Å². The maximum Gasteiger partial charge on any atom is 0.417 e. The Kier molecular flexibility index (Phi) is 5.36. The highest BCUT2D eigenvalue weighted by Gasteiger charge is 2.48. The number of aliphatic hydroxyl groups is 1. The summed E-state index contributed by atoms with van der Waals surface area (Å²) in [5.41, 5.74) is -1.23. The Labute approximate surface area is 191 Å². The summed E-state index contributed by atoms with van der Waals surface area (Å²) in [6.45, 7) is 1.52. The number of aromatic nitrogens is 3. The number of pyridine rings is 1. The lowest BCUT2D eigenvalue weighted by atomic mass is 9.82. The van der Waals surface area contributed by atoms with Crippen molar-refractivity contribution in [3.05, 3.63) is 64.6 Å². The van der Waals surface area contributed by atoms with Gasteiger partial charge in [0.15, 0.2) is 0 Å². The molecular weight excluding hydrogens is 456 g/mol. The molecule has 2 fully saturated rings. The molecule has 2 atom stereocenters. The second-order valence-electron chi connectivity index (χ2n) is 8.90. The Bertz CT molecular complexity index is 1270. The molecule has 7 nitrogen and oxygen atoms in total. The number of fused-ring (bicyclic) bond motifs is 1. The van der Waals surface area contributed by atoms with Gasteiger partial charge in [-0.3, -0.25) is 9.78 Å². The fraction of sp³-hybridized carbons (Fsp3) is 0.435. The molecular formula is C23H22F4N4O3. The maximum absolute atomic E-state index is 15.0. The van der Waals surface area contributed by atoms with Crippen molar-refractivity contribution in [3.63, 3.8) is 0 Å². The van der Waals surface area contributed by atoms with Gasteiger partial charge in [-0.2, -0.15) is 13.2 Å². The van der Waals surface area contributed by atoms with Gasteiger partial charge in [0, 0.05) is 37.8 Å². The predicted octanol–water partition coefficient (Wildman–Crippen LogP) is 3.48. The van der Waals surface area contributed by atoms with E-state index in [2.05, 4.69) is 15.3 Å². The quantitative estimate of drug-likeness (QED) is 0.561. The van der Waals surface area contributed by atoms with Crippen molar-refractivity contribution >= 4 is 11.6 Å². The van der Waals surface area contributed by atoms with Crippen molar-refractivity contribution < 1.29 is 32.2 Å². The molecule has 0 radical (unpaired) electrons. The number of carbonyl (C=O) groups excluding carboxylic acids is 1. The summed E-state index contributed by atoms with van der Waals surface area (Å²) in [6, 6.07) is 0.318. The fourth-order valence-corrected chi connectivity index (χ4v) is 4.51. The summed E-state index contributed by atoms with van der Waals surface area (Å²) in [5, 5.41) is 13.4. The van der Waals surface area contributed by atoms with E-state index >= 15 is 0 Å². The molecule has 0 aromatic carbocycles. The van der Waals surface area contributed by atoms with E-state index in [1.807, 2.05) is 6.20 Å². The average Bonchev–Trinajstić information content (AvgIpc) is 3.56. The Balaban J connectivity index is 1.54. The van der Waals surface area contributed by atoms with Crippen LogP contribution in [0.4, 0.5) is 17.6 Å². The van der Waals surface area contributed by atoms with E-state index in [0.29, 0.717) is 29.4 Å². The summed E-state index contributed by atoms with van der Waals surface area (Å²) in [7, 11) is 0. The number of aliphatic hydroxyl groups excluding tert-OH is 1. The molecule has 0 spiro atoms. The molecule has 1 amide bonds. The molecule has 0 unspecified atom stereocenters. The predicted molar refractivity (Wildman–Crippen MR) is 112 cm³/mol. The van der Waals surface area contributed by atoms with Crippen LogP contribution in [0.15, 0.2) is 30.9 Å². The van der Waals surface area contributed by atoms with Crippen LogP contribution in [-0.2, 0) is 16.5 Å². The van der Waals surface area contributed by atoms with Gasteiger partial charge in [-0.25, -0.2) is 9.37 Å². The van der Waals surface area contributed by atoms with Crippen LogP contribution in [0, 0.1) is 12.7 Å². The summed E-state index contributed by atoms with van der Waals surface area (Å²) in [5.74, 6) is -1.46. The second kappa shape index (κ2) is 8.02. The standard InChI is InChI=1S/C23H22F4N4O3/c1-12-9-31-10-14(13-2-3-13)7-29-20(31)18(12)21(33)30-22(4-5-34-11-17(22)32)19-16(24)6-15(8-28-19)23(25,26)27/h6-10,13,17,32H,2-5,11H2,1H3,(H,30,33)/t17-,22-/m1/s1. The molecule has 3 aromatic rings. The Morgan fingerprint density at radius 1 is 1.26 bits per heavy atom. The lowest BCUT2D eigenvalue weighted by molar-refractivity contribution is -0.138. The molecule has 34 heavy (non-hydrogen) atoms. The first-order chi connectivity index (χ1) is 16.1. The highest BCUT2D eigenvalue weighted by Crippen LogP contribution is 2.40. The summed E-state index contributed by atoms with van der Waals surface area (Å²) in [6.07, 6.45) is 1.77. The van der Waals surface area contributed by atoms with Crippen molar-refractivity contribution in [1.29, 1.82) is 0 Å². The summed E-state index contributed by atoms with van der Waals surface area (Å²) < 4.78 is 61.0. The van der Waals surface area contributed by atoms with Crippen LogP contribution in [0.3, 0.4) is 0 Å². The number of alkyl halides is 3. The third-order valence-corrected chi connectivity index (χ3v) is 6.51. The van der Waals surface area contributed by atoms with E-state index in [1.165, 1.54) is 0 Å². The lowest BCUT2D eigenvalue weighted by Crippen LogP contribution is -2.59. The minimum atomic E-state index is -4.79. The monoisotopic (exact) mass is 478 g/mol. The van der Waals surface area contributed by atoms with E-state index in [-0.39, 0.29) is 25.2 Å². The zero-order valence-corrected chi connectivity index (χ0v) is 18.2. The number of halogens is 4. The average molecular weight is 478 g/mol. The number of ether oxygens (including phenoxy) is 1. The Morgan fingerprint density at radius 3 is 2.68 bits per heavy atom. The van der Waals surface area contributed by atoms with Crippen LogP contribution in [0.2, 0.25) is 0 Å². The van der Waals surface area contributed by atoms with Crippen molar-refractivity contribution in [2.45, 2.75) is 49.9 Å². The van der Waals surface area contributed by atoms with Gasteiger partial charge in [-0.05, 0) is 42.9 Å². The highest BCUT2D eigenvalue weighted by atomic mass is 19.4. The smallest absolute Gasteiger partial charge is 0.388 e. The number of nitrogens with one attached hydrogen (secondary N) is 1. The van der Waals surface area contributed by atoms with E-state index < -0.39 is 40.8 Å². The number of hydrogen-bond donors (Lipinski definition) is 2. The molecule has 4 heterocycles. The minimum Gasteiger partial charge on any atom is -0.388 e. The second-order valence-corrected chi connectivity index (χ2v) is 8.90. The van der Waals surface area contributed by atoms with Gasteiger partial charge < -0.3 is 19.6 Å². The summed E-state index contributed by atoms with van der Waals surface area (Å²) in [4.78, 5) is 21.6. The van der Waals surface area contributed by atoms with E-state index in [0.717, 1.165) is 18.4 Å². The lowest BCUT2D eigenvalue weighted by Gasteiger charge is -2.41. The van der Waals surface area contributed by atoms with Crippen molar-refractivity contribution in [3.8, 4) is 0 Å². The molecule has 1 saturated heterocycles. The van der Waals surface area contributed by atoms with Crippen LogP contribution in [0.5, 0.6) is 0 Å². The zero-order chi connectivity index (χ0) is 24.3. The molecule has 1 aliphatic heterocycles. The van der Waals surface area contributed by atoms with Crippen molar-refractivity contribution in [2.75, 3.05) is 13.2 Å². The molecule has 5 rings (SSSR count). The highest BCUT2D eigenvalue weighted by molar-refractivity contribution is 6.02. The molecule has 180 valence electrons. The van der Waals surface area contributed by atoms with E-state index in [9.17, 15) is 27.5 Å². The van der Waals surface area contributed by atoms with Gasteiger partial charge in [-0.1, -0.05) is 0 Å². The first kappa shape index (κ1) is 22.7. The van der Waals surface area contributed by atoms with Crippen molar-refractivity contribution in [1.82, 2.24) is 19.7 Å². The molecule has 1 saturated carbocycles. The number of nitrogens with zero attached hydrogens (tertiary/aromatic N) is 3. The third kappa shape index (κ3) is 3.82. The third-order valence-electron chi connectivity index (χ3n) is 6.51. The number of rotatable bonds is 4. The number of carbonyl (C=O) groups is 1. The van der Waals surface area contributed by atoms with Crippen LogP contribution in [0.25, 0.3) is 5.65 Å². The first-order valence-electron chi connectivity index (χ1n) is 10.9. The minimum absolute atomic E-state index is 0.0397. The van der Waals surface area contributed by atoms with Crippen molar-refractivity contribution in [2.24, 2.45) is 0 Å². The number of aryl methyl sites for hydroxylation is 1. The molecule has 3 aromatic heterocycles. The number of amides is 1. The van der Waals surface area contributed by atoms with Gasteiger partial charge >= 0.3 is 6.18 Å². The topological polar surface area (TPSA) is 88.8 Å². The normalized spacial score (nSPS) is 23.3. The maximum atomic E-state index is 15.0. The largest absolute Gasteiger partial charge is 0.417 e. The first-order valence-corrected chi connectivity index (χ1v) is 10.9. The zero-order valence-electron chi connectivity index (χ0n) is 18.2. The van der Waals surface area contributed by atoms with Gasteiger partial charge in [-0.15, -0.1) is 0 Å². The number of hydrogen-bond acceptors (Lipinski definition) is 5. The van der Waals surface area contributed by atoms with E-state index in [1.54, 1.807) is 23.7 Å². The Morgan fingerprint density at radius 2 is 2.03 bits per heavy atom. The molecule has 2 aliphatic rings. The molecule has 11 heteroatoms. The summed E-state index contributed by atoms with van der Waals surface area (Å²) >= 11 is 0. The van der Waals surface area contributed by atoms with Crippen LogP contribution >= 0.6 is 0 Å². The van der Waals surface area contributed by atoms with Gasteiger partial charge in [0.25, 0.3) is 5.91 Å². The molecule has 1 aliphatic carbocycles. The van der Waals surface area contributed by atoms with Gasteiger partial charge in [0.05, 0.1) is 17.7 Å². The van der Waals surface area contributed by atoms with Gasteiger partial charge in [0.1, 0.15) is 28.8 Å². The fourth-order valence-electron chi connectivity index (χ4n) is 4.51. The Hall–Kier alpha value is -3.05. The molecule has 0 bridgehead atoms. The molecule has 2 N–H and O–H groups in total. The SMILES string of the molecule is Cc1cn2cc(C3CC3)cnc2c1C(=O)N[C@]1(c2ncc(C(F)(F)F)cc2F)CCOC[C@H]1O. The van der Waals surface area contributed by atoms with Crippen LogP contribution in [-0.4, -0.2) is 44.7 Å².